The molecule has 0 amide bonds. The summed E-state index contributed by atoms with van der Waals surface area (Å²) in [7, 11) is 0. The van der Waals surface area contributed by atoms with Gasteiger partial charge in [0, 0.05) is 6.42 Å². The molecule has 1 aliphatic carbocycles. The largest absolute Gasteiger partial charge is 0.300 e. The minimum absolute atomic E-state index is 0.263. The quantitative estimate of drug-likeness (QED) is 0.591. The first kappa shape index (κ1) is 8.25. The molecule has 0 aliphatic heterocycles. The van der Waals surface area contributed by atoms with E-state index in [-0.39, 0.29) is 5.78 Å². The molecule has 0 spiro atoms. The third-order valence-electron chi connectivity index (χ3n) is 1.83. The predicted octanol–water partition coefficient (Wildman–Crippen LogP) is 2.49. The van der Waals surface area contributed by atoms with Gasteiger partial charge < -0.3 is 0 Å². The van der Waals surface area contributed by atoms with Crippen molar-refractivity contribution in [3.8, 4) is 0 Å². The van der Waals surface area contributed by atoms with Crippen molar-refractivity contribution < 1.29 is 4.79 Å². The highest BCUT2D eigenvalue weighted by molar-refractivity contribution is 5.78. The van der Waals surface area contributed by atoms with Gasteiger partial charge in [-0.3, -0.25) is 4.79 Å². The van der Waals surface area contributed by atoms with E-state index >= 15 is 0 Å². The molecule has 1 nitrogen and oxygen atoms in total. The Morgan fingerprint density at radius 3 is 3.00 bits per heavy atom. The van der Waals surface area contributed by atoms with Gasteiger partial charge in [-0.2, -0.15) is 0 Å². The Morgan fingerprint density at radius 2 is 2.45 bits per heavy atom. The molecule has 0 bridgehead atoms. The zero-order chi connectivity index (χ0) is 8.27. The van der Waals surface area contributed by atoms with Crippen molar-refractivity contribution in [1.29, 1.82) is 0 Å². The van der Waals surface area contributed by atoms with Gasteiger partial charge in [-0.1, -0.05) is 30.7 Å². The number of carbonyl (C=O) groups is 1. The van der Waals surface area contributed by atoms with Crippen LogP contribution in [0.2, 0.25) is 0 Å². The van der Waals surface area contributed by atoms with Gasteiger partial charge in [0.05, 0.1) is 0 Å². The van der Waals surface area contributed by atoms with Crippen molar-refractivity contribution in [2.24, 2.45) is 5.92 Å². The zero-order valence-corrected chi connectivity index (χ0v) is 7.13. The topological polar surface area (TPSA) is 17.1 Å². The summed E-state index contributed by atoms with van der Waals surface area (Å²) in [6, 6.07) is 0. The Bertz CT molecular complexity index is 211. The van der Waals surface area contributed by atoms with Crippen molar-refractivity contribution in [3.05, 3.63) is 23.8 Å². The van der Waals surface area contributed by atoms with Gasteiger partial charge in [0.25, 0.3) is 0 Å². The van der Waals surface area contributed by atoms with Crippen LogP contribution in [-0.2, 0) is 4.79 Å². The fraction of sp³-hybridized carbons (Fsp3) is 0.500. The SMILES string of the molecule is CC(=O)CC1=CC=CC(C)C1. The lowest BCUT2D eigenvalue weighted by molar-refractivity contribution is -0.116. The Hall–Kier alpha value is -0.850. The molecule has 0 radical (unpaired) electrons. The van der Waals surface area contributed by atoms with Crippen molar-refractivity contribution in [3.63, 3.8) is 0 Å². The Balaban J connectivity index is 2.52. The number of rotatable bonds is 2. The average molecular weight is 150 g/mol. The highest BCUT2D eigenvalue weighted by Crippen LogP contribution is 2.20. The fourth-order valence-corrected chi connectivity index (χ4v) is 1.38. The molecule has 1 aliphatic rings. The van der Waals surface area contributed by atoms with Crippen LogP contribution in [0.5, 0.6) is 0 Å². The molecule has 1 heteroatoms. The third-order valence-corrected chi connectivity index (χ3v) is 1.83. The molecule has 0 aromatic carbocycles. The molecule has 0 heterocycles. The minimum Gasteiger partial charge on any atom is -0.300 e. The van der Waals surface area contributed by atoms with Gasteiger partial charge in [0.15, 0.2) is 0 Å². The second-order valence-corrected chi connectivity index (χ2v) is 3.27. The van der Waals surface area contributed by atoms with Crippen LogP contribution in [0, 0.1) is 5.92 Å². The van der Waals surface area contributed by atoms with Crippen molar-refractivity contribution >= 4 is 5.78 Å². The third kappa shape index (κ3) is 2.71. The van der Waals surface area contributed by atoms with Gasteiger partial charge in [0.1, 0.15) is 5.78 Å². The first-order valence-electron chi connectivity index (χ1n) is 4.04. The molecule has 1 atom stereocenters. The average Bonchev–Trinajstić information content (AvgIpc) is 1.85. The molecular formula is C10H14O. The van der Waals surface area contributed by atoms with Gasteiger partial charge in [0.2, 0.25) is 0 Å². The summed E-state index contributed by atoms with van der Waals surface area (Å²) in [5, 5.41) is 0. The Labute approximate surface area is 67.8 Å². The summed E-state index contributed by atoms with van der Waals surface area (Å²) < 4.78 is 0. The van der Waals surface area contributed by atoms with E-state index in [1.807, 2.05) is 6.08 Å². The molecule has 0 aromatic rings. The number of ketones is 1. The predicted molar refractivity (Wildman–Crippen MR) is 46.3 cm³/mol. The number of hydrogen-bond acceptors (Lipinski definition) is 1. The van der Waals surface area contributed by atoms with Crippen molar-refractivity contribution in [2.75, 3.05) is 0 Å². The molecule has 0 saturated heterocycles. The maximum atomic E-state index is 10.8. The zero-order valence-electron chi connectivity index (χ0n) is 7.13. The van der Waals surface area contributed by atoms with Crippen LogP contribution in [0.3, 0.4) is 0 Å². The van der Waals surface area contributed by atoms with Crippen LogP contribution < -0.4 is 0 Å². The summed E-state index contributed by atoms with van der Waals surface area (Å²) in [4.78, 5) is 10.8. The number of hydrogen-bond donors (Lipinski definition) is 0. The monoisotopic (exact) mass is 150 g/mol. The van der Waals surface area contributed by atoms with Gasteiger partial charge in [-0.25, -0.2) is 0 Å². The summed E-state index contributed by atoms with van der Waals surface area (Å²) in [6.45, 7) is 3.81. The van der Waals surface area contributed by atoms with Crippen LogP contribution in [0.25, 0.3) is 0 Å². The highest BCUT2D eigenvalue weighted by Gasteiger charge is 2.07. The minimum atomic E-state index is 0.263. The van der Waals surface area contributed by atoms with E-state index in [9.17, 15) is 4.79 Å². The van der Waals surface area contributed by atoms with E-state index in [0.29, 0.717) is 12.3 Å². The van der Waals surface area contributed by atoms with Crippen LogP contribution in [0.1, 0.15) is 26.7 Å². The maximum absolute atomic E-state index is 10.8. The Kier molecular flexibility index (Phi) is 2.64. The van der Waals surface area contributed by atoms with E-state index in [1.54, 1.807) is 6.92 Å². The molecule has 1 unspecified atom stereocenters. The van der Waals surface area contributed by atoms with Crippen LogP contribution in [0.15, 0.2) is 23.8 Å². The van der Waals surface area contributed by atoms with Gasteiger partial charge in [-0.05, 0) is 19.3 Å². The summed E-state index contributed by atoms with van der Waals surface area (Å²) in [5.74, 6) is 0.869. The molecule has 1 rings (SSSR count). The summed E-state index contributed by atoms with van der Waals surface area (Å²) in [6.07, 6.45) is 7.96. The smallest absolute Gasteiger partial charge is 0.133 e. The number of allylic oxidation sites excluding steroid dienone is 4. The molecule has 60 valence electrons. The molecular weight excluding hydrogens is 136 g/mol. The van der Waals surface area contributed by atoms with Crippen molar-refractivity contribution in [1.82, 2.24) is 0 Å². The number of carbonyl (C=O) groups excluding carboxylic acids is 1. The van der Waals surface area contributed by atoms with E-state index in [1.165, 1.54) is 5.57 Å². The first-order chi connectivity index (χ1) is 5.18. The molecule has 0 fully saturated rings. The highest BCUT2D eigenvalue weighted by atomic mass is 16.1. The van der Waals surface area contributed by atoms with Crippen LogP contribution in [-0.4, -0.2) is 5.78 Å². The molecule has 0 saturated carbocycles. The lowest BCUT2D eigenvalue weighted by Crippen LogP contribution is -2.01. The maximum Gasteiger partial charge on any atom is 0.133 e. The van der Waals surface area contributed by atoms with E-state index in [2.05, 4.69) is 19.1 Å². The van der Waals surface area contributed by atoms with E-state index < -0.39 is 0 Å². The van der Waals surface area contributed by atoms with E-state index in [4.69, 9.17) is 0 Å². The lowest BCUT2D eigenvalue weighted by Gasteiger charge is -2.12. The summed E-state index contributed by atoms with van der Waals surface area (Å²) in [5.41, 5.74) is 1.27. The van der Waals surface area contributed by atoms with Crippen LogP contribution >= 0.6 is 0 Å². The van der Waals surface area contributed by atoms with E-state index in [0.717, 1.165) is 6.42 Å². The van der Waals surface area contributed by atoms with Gasteiger partial charge >= 0.3 is 0 Å². The normalized spacial score (nSPS) is 23.1. The molecule has 0 aromatic heterocycles. The second kappa shape index (κ2) is 3.51. The first-order valence-corrected chi connectivity index (χ1v) is 4.04. The number of Topliss-reactive ketones (excluding diaryl/α,β-unsaturated/α-hetero) is 1. The molecule has 11 heavy (non-hydrogen) atoms. The Morgan fingerprint density at radius 1 is 1.73 bits per heavy atom. The standard InChI is InChI=1S/C10H14O/c1-8-4-3-5-10(6-8)7-9(2)11/h3-5,8H,6-7H2,1-2H3. The van der Waals surface area contributed by atoms with Crippen LogP contribution in [0.4, 0.5) is 0 Å². The second-order valence-electron chi connectivity index (χ2n) is 3.27. The molecule has 0 N–H and O–H groups in total. The van der Waals surface area contributed by atoms with Gasteiger partial charge in [-0.15, -0.1) is 0 Å². The van der Waals surface area contributed by atoms with Crippen molar-refractivity contribution in [2.45, 2.75) is 26.7 Å². The summed E-state index contributed by atoms with van der Waals surface area (Å²) >= 11 is 0. The lowest BCUT2D eigenvalue weighted by atomic mass is 9.93. The fourth-order valence-electron chi connectivity index (χ4n) is 1.38.